The lowest BCUT2D eigenvalue weighted by Gasteiger charge is -2.10. The molecule has 0 aliphatic heterocycles. The molecule has 0 aromatic heterocycles. The van der Waals surface area contributed by atoms with Gasteiger partial charge in [-0.1, -0.05) is 15.9 Å². The third-order valence-corrected chi connectivity index (χ3v) is 3.75. The number of carbonyl (C=O) groups excluding carboxylic acids is 1. The van der Waals surface area contributed by atoms with Gasteiger partial charge >= 0.3 is 0 Å². The Morgan fingerprint density at radius 2 is 1.74 bits per heavy atom. The first-order chi connectivity index (χ1) is 10.8. The lowest BCUT2D eigenvalue weighted by Crippen LogP contribution is -2.21. The van der Waals surface area contributed by atoms with Crippen LogP contribution >= 0.6 is 15.9 Å². The number of ether oxygens (including phenoxy) is 1. The average molecular weight is 392 g/mol. The summed E-state index contributed by atoms with van der Waals surface area (Å²) in [4.78, 5) is 11.7. The van der Waals surface area contributed by atoms with E-state index in [0.717, 1.165) is 10.0 Å². The number of carbonyl (C=O) groups is 1. The smallest absolute Gasteiger partial charge is 0.262 e. The SMILES string of the molecule is Cc1cc(NC(=O)COc2c(F)c(F)cc(F)c2F)ccc1Br. The summed E-state index contributed by atoms with van der Waals surface area (Å²) >= 11 is 3.29. The number of halogens is 5. The summed E-state index contributed by atoms with van der Waals surface area (Å²) in [6, 6.07) is 5.01. The van der Waals surface area contributed by atoms with Gasteiger partial charge in [0, 0.05) is 16.2 Å². The highest BCUT2D eigenvalue weighted by Gasteiger charge is 2.21. The molecule has 2 aromatic rings. The number of rotatable bonds is 4. The molecule has 2 aromatic carbocycles. The van der Waals surface area contributed by atoms with Crippen LogP contribution in [0.25, 0.3) is 0 Å². The largest absolute Gasteiger partial charge is 0.477 e. The Kier molecular flexibility index (Phi) is 5.25. The van der Waals surface area contributed by atoms with E-state index in [1.54, 1.807) is 25.1 Å². The predicted molar refractivity (Wildman–Crippen MR) is 79.3 cm³/mol. The van der Waals surface area contributed by atoms with Gasteiger partial charge in [0.1, 0.15) is 0 Å². The van der Waals surface area contributed by atoms with E-state index >= 15 is 0 Å². The molecule has 0 aliphatic carbocycles. The Bertz CT molecular complexity index is 741. The highest BCUT2D eigenvalue weighted by atomic mass is 79.9. The molecule has 0 saturated carbocycles. The standard InChI is InChI=1S/C15H10BrF4NO2/c1-7-4-8(2-3-9(7)16)21-12(22)6-23-15-13(19)10(17)5-11(18)14(15)20/h2-5H,6H2,1H3,(H,21,22). The molecular weight excluding hydrogens is 382 g/mol. The van der Waals surface area contributed by atoms with Crippen molar-refractivity contribution in [2.45, 2.75) is 6.92 Å². The van der Waals surface area contributed by atoms with Crippen LogP contribution in [-0.4, -0.2) is 12.5 Å². The number of anilines is 1. The Hall–Kier alpha value is -2.09. The first-order valence-electron chi connectivity index (χ1n) is 6.31. The lowest BCUT2D eigenvalue weighted by molar-refractivity contribution is -0.118. The zero-order valence-corrected chi connectivity index (χ0v) is 13.3. The second-order valence-electron chi connectivity index (χ2n) is 4.60. The van der Waals surface area contributed by atoms with Crippen LogP contribution in [0, 0.1) is 30.2 Å². The Balaban J connectivity index is 2.06. The topological polar surface area (TPSA) is 38.3 Å². The van der Waals surface area contributed by atoms with Gasteiger partial charge in [0.15, 0.2) is 24.0 Å². The van der Waals surface area contributed by atoms with Crippen LogP contribution in [0.2, 0.25) is 0 Å². The number of nitrogens with one attached hydrogen (secondary N) is 1. The zero-order valence-electron chi connectivity index (χ0n) is 11.7. The third kappa shape index (κ3) is 4.01. The fourth-order valence-corrected chi connectivity index (χ4v) is 1.98. The van der Waals surface area contributed by atoms with E-state index in [0.29, 0.717) is 5.69 Å². The molecule has 23 heavy (non-hydrogen) atoms. The van der Waals surface area contributed by atoms with Crippen LogP contribution < -0.4 is 10.1 Å². The summed E-state index contributed by atoms with van der Waals surface area (Å²) < 4.78 is 58.2. The van der Waals surface area contributed by atoms with Gasteiger partial charge in [-0.3, -0.25) is 4.79 Å². The molecule has 0 atom stereocenters. The molecule has 0 spiro atoms. The second kappa shape index (κ2) is 6.99. The van der Waals surface area contributed by atoms with Crippen LogP contribution in [0.3, 0.4) is 0 Å². The van der Waals surface area contributed by atoms with Crippen LogP contribution in [0.15, 0.2) is 28.7 Å². The molecule has 8 heteroatoms. The molecule has 0 heterocycles. The van der Waals surface area contributed by atoms with Crippen molar-refractivity contribution in [3.05, 3.63) is 57.6 Å². The molecule has 3 nitrogen and oxygen atoms in total. The van der Waals surface area contributed by atoms with Crippen LogP contribution in [-0.2, 0) is 4.79 Å². The number of amides is 1. The summed E-state index contributed by atoms with van der Waals surface area (Å²) in [5.41, 5.74) is 1.29. The number of benzene rings is 2. The van der Waals surface area contributed by atoms with Gasteiger partial charge < -0.3 is 10.1 Å². The van der Waals surface area contributed by atoms with Crippen molar-refractivity contribution in [3.63, 3.8) is 0 Å². The molecule has 0 fully saturated rings. The van der Waals surface area contributed by atoms with Crippen molar-refractivity contribution in [3.8, 4) is 5.75 Å². The van der Waals surface area contributed by atoms with Crippen molar-refractivity contribution in [2.24, 2.45) is 0 Å². The van der Waals surface area contributed by atoms with E-state index in [2.05, 4.69) is 26.0 Å². The monoisotopic (exact) mass is 391 g/mol. The average Bonchev–Trinajstić information content (AvgIpc) is 2.49. The number of aryl methyl sites for hydroxylation is 1. The third-order valence-electron chi connectivity index (χ3n) is 2.86. The first kappa shape index (κ1) is 17.3. The van der Waals surface area contributed by atoms with Gasteiger partial charge in [0.25, 0.3) is 5.91 Å². The molecule has 0 saturated heterocycles. The minimum absolute atomic E-state index is 0.0577. The molecule has 0 bridgehead atoms. The zero-order chi connectivity index (χ0) is 17.1. The maximum atomic E-state index is 13.4. The summed E-state index contributed by atoms with van der Waals surface area (Å²) in [7, 11) is 0. The summed E-state index contributed by atoms with van der Waals surface area (Å²) in [5, 5.41) is 2.43. The Morgan fingerprint density at radius 3 is 2.30 bits per heavy atom. The fraction of sp³-hybridized carbons (Fsp3) is 0.133. The maximum absolute atomic E-state index is 13.4. The second-order valence-corrected chi connectivity index (χ2v) is 5.45. The van der Waals surface area contributed by atoms with Crippen molar-refractivity contribution in [1.82, 2.24) is 0 Å². The molecule has 0 unspecified atom stereocenters. The van der Waals surface area contributed by atoms with E-state index in [1.807, 2.05) is 0 Å². The van der Waals surface area contributed by atoms with Gasteiger partial charge in [-0.2, -0.15) is 8.78 Å². The quantitative estimate of drug-likeness (QED) is 0.622. The highest BCUT2D eigenvalue weighted by Crippen LogP contribution is 2.26. The number of hydrogen-bond acceptors (Lipinski definition) is 2. The van der Waals surface area contributed by atoms with Crippen molar-refractivity contribution < 1.29 is 27.1 Å². The van der Waals surface area contributed by atoms with Gasteiger partial charge in [-0.05, 0) is 30.7 Å². The molecule has 0 radical (unpaired) electrons. The Labute approximate surface area is 137 Å². The summed E-state index contributed by atoms with van der Waals surface area (Å²) in [5.74, 6) is -8.63. The van der Waals surface area contributed by atoms with E-state index in [4.69, 9.17) is 0 Å². The minimum Gasteiger partial charge on any atom is -0.477 e. The van der Waals surface area contributed by atoms with E-state index in [9.17, 15) is 22.4 Å². The van der Waals surface area contributed by atoms with Gasteiger partial charge in [-0.15, -0.1) is 0 Å². The fourth-order valence-electron chi connectivity index (χ4n) is 1.74. The molecule has 1 N–H and O–H groups in total. The number of hydrogen-bond donors (Lipinski definition) is 1. The first-order valence-corrected chi connectivity index (χ1v) is 7.10. The molecule has 122 valence electrons. The highest BCUT2D eigenvalue weighted by molar-refractivity contribution is 9.10. The lowest BCUT2D eigenvalue weighted by atomic mass is 10.2. The van der Waals surface area contributed by atoms with Gasteiger partial charge in [-0.25, -0.2) is 8.78 Å². The van der Waals surface area contributed by atoms with Crippen LogP contribution in [0.1, 0.15) is 5.56 Å². The summed E-state index contributed by atoms with van der Waals surface area (Å²) in [6.45, 7) is 0.988. The minimum atomic E-state index is -1.70. The van der Waals surface area contributed by atoms with E-state index in [1.165, 1.54) is 0 Å². The summed E-state index contributed by atoms with van der Waals surface area (Å²) in [6.07, 6.45) is 0. The van der Waals surface area contributed by atoms with Gasteiger partial charge in [0.05, 0.1) is 0 Å². The van der Waals surface area contributed by atoms with Crippen LogP contribution in [0.4, 0.5) is 23.2 Å². The van der Waals surface area contributed by atoms with Crippen molar-refractivity contribution in [2.75, 3.05) is 11.9 Å². The molecule has 2 rings (SSSR count). The van der Waals surface area contributed by atoms with Crippen molar-refractivity contribution in [1.29, 1.82) is 0 Å². The predicted octanol–water partition coefficient (Wildman–Crippen LogP) is 4.33. The van der Waals surface area contributed by atoms with E-state index < -0.39 is 41.5 Å². The normalized spacial score (nSPS) is 10.5. The van der Waals surface area contributed by atoms with Gasteiger partial charge in [0.2, 0.25) is 11.6 Å². The van der Waals surface area contributed by atoms with E-state index in [-0.39, 0.29) is 6.07 Å². The molecule has 0 aliphatic rings. The van der Waals surface area contributed by atoms with Crippen LogP contribution in [0.5, 0.6) is 5.75 Å². The molecule has 1 amide bonds. The maximum Gasteiger partial charge on any atom is 0.262 e. The Morgan fingerprint density at radius 1 is 1.13 bits per heavy atom. The van der Waals surface area contributed by atoms with Crippen molar-refractivity contribution >= 4 is 27.5 Å². The molecular formula is C15H10BrF4NO2.